The number of fused-ring (bicyclic) bond motifs is 2. The Morgan fingerprint density at radius 2 is 1.45 bits per heavy atom. The third-order valence-corrected chi connectivity index (χ3v) is 5.41. The highest BCUT2D eigenvalue weighted by molar-refractivity contribution is 5.96. The summed E-state index contributed by atoms with van der Waals surface area (Å²) in [6, 6.07) is 10.5. The van der Waals surface area contributed by atoms with Crippen molar-refractivity contribution in [1.82, 2.24) is 4.90 Å². The molecule has 0 unspecified atom stereocenters. The molecule has 0 spiro atoms. The second kappa shape index (κ2) is 7.20. The Labute approximate surface area is 167 Å². The minimum absolute atomic E-state index is 0.0426. The summed E-state index contributed by atoms with van der Waals surface area (Å²) in [7, 11) is 0. The van der Waals surface area contributed by atoms with Gasteiger partial charge in [0.05, 0.1) is 0 Å². The molecule has 3 heterocycles. The maximum atomic E-state index is 12.8. The predicted molar refractivity (Wildman–Crippen MR) is 102 cm³/mol. The van der Waals surface area contributed by atoms with Crippen LogP contribution in [-0.2, 0) is 4.79 Å². The summed E-state index contributed by atoms with van der Waals surface area (Å²) in [4.78, 5) is 27.2. The Balaban J connectivity index is 1.18. The van der Waals surface area contributed by atoms with E-state index >= 15 is 0 Å². The molecule has 3 aliphatic heterocycles. The number of carbonyl (C=O) groups is 2. The van der Waals surface area contributed by atoms with Gasteiger partial charge in [0, 0.05) is 36.3 Å². The first-order chi connectivity index (χ1) is 14.2. The third kappa shape index (κ3) is 3.41. The lowest BCUT2D eigenvalue weighted by Crippen LogP contribution is -2.41. The molecule has 0 atom stereocenters. The number of ether oxygens (including phenoxy) is 4. The van der Waals surface area contributed by atoms with Gasteiger partial charge < -0.3 is 29.2 Å². The van der Waals surface area contributed by atoms with Crippen molar-refractivity contribution in [3.63, 3.8) is 0 Å². The van der Waals surface area contributed by atoms with Crippen molar-refractivity contribution in [1.29, 1.82) is 0 Å². The van der Waals surface area contributed by atoms with Crippen molar-refractivity contribution >= 4 is 17.5 Å². The van der Waals surface area contributed by atoms with E-state index in [2.05, 4.69) is 5.32 Å². The van der Waals surface area contributed by atoms with Crippen molar-refractivity contribution in [2.24, 2.45) is 5.92 Å². The molecule has 0 radical (unpaired) electrons. The van der Waals surface area contributed by atoms with Gasteiger partial charge in [-0.05, 0) is 43.2 Å². The lowest BCUT2D eigenvalue weighted by molar-refractivity contribution is -0.121. The van der Waals surface area contributed by atoms with Gasteiger partial charge in [-0.2, -0.15) is 0 Å². The van der Waals surface area contributed by atoms with Gasteiger partial charge in [-0.3, -0.25) is 9.59 Å². The van der Waals surface area contributed by atoms with E-state index in [9.17, 15) is 9.59 Å². The average molecular weight is 396 g/mol. The molecule has 3 aliphatic rings. The van der Waals surface area contributed by atoms with Crippen LogP contribution in [0.25, 0.3) is 0 Å². The molecule has 2 aromatic carbocycles. The minimum Gasteiger partial charge on any atom is -0.454 e. The van der Waals surface area contributed by atoms with Crippen molar-refractivity contribution in [2.75, 3.05) is 32.0 Å². The van der Waals surface area contributed by atoms with Crippen molar-refractivity contribution in [3.8, 4) is 23.0 Å². The summed E-state index contributed by atoms with van der Waals surface area (Å²) in [6.45, 7) is 1.44. The second-order valence-corrected chi connectivity index (χ2v) is 7.19. The first kappa shape index (κ1) is 17.7. The fourth-order valence-corrected chi connectivity index (χ4v) is 3.78. The van der Waals surface area contributed by atoms with Crippen LogP contribution < -0.4 is 24.3 Å². The zero-order valence-electron chi connectivity index (χ0n) is 15.7. The van der Waals surface area contributed by atoms with Crippen LogP contribution in [0.2, 0.25) is 0 Å². The zero-order valence-corrected chi connectivity index (χ0v) is 15.7. The predicted octanol–water partition coefficient (Wildman–Crippen LogP) is 2.63. The first-order valence-corrected chi connectivity index (χ1v) is 9.57. The summed E-state index contributed by atoms with van der Waals surface area (Å²) >= 11 is 0. The molecule has 29 heavy (non-hydrogen) atoms. The summed E-state index contributed by atoms with van der Waals surface area (Å²) in [6.07, 6.45) is 1.24. The first-order valence-electron chi connectivity index (χ1n) is 9.57. The van der Waals surface area contributed by atoms with Crippen LogP contribution in [0.4, 0.5) is 5.69 Å². The van der Waals surface area contributed by atoms with E-state index in [1.807, 2.05) is 0 Å². The number of hydrogen-bond acceptors (Lipinski definition) is 6. The standard InChI is InChI=1S/C21H20N2O6/c24-20(22-15-2-4-17-19(10-15)29-12-27-17)13-5-7-23(8-6-13)21(25)14-1-3-16-18(9-14)28-11-26-16/h1-4,9-10,13H,5-8,11-12H2,(H,22,24). The molecule has 0 aliphatic carbocycles. The Kier molecular flexibility index (Phi) is 4.38. The average Bonchev–Trinajstić information content (AvgIpc) is 3.41. The molecular weight excluding hydrogens is 376 g/mol. The molecule has 2 amide bonds. The zero-order chi connectivity index (χ0) is 19.8. The van der Waals surface area contributed by atoms with E-state index in [0.717, 1.165) is 0 Å². The number of rotatable bonds is 3. The highest BCUT2D eigenvalue weighted by Crippen LogP contribution is 2.35. The molecular formula is C21H20N2O6. The molecule has 0 bridgehead atoms. The highest BCUT2D eigenvalue weighted by atomic mass is 16.7. The molecule has 8 heteroatoms. The van der Waals surface area contributed by atoms with Crippen LogP contribution in [-0.4, -0.2) is 43.4 Å². The van der Waals surface area contributed by atoms with Crippen molar-refractivity contribution in [2.45, 2.75) is 12.8 Å². The van der Waals surface area contributed by atoms with Gasteiger partial charge in [-0.15, -0.1) is 0 Å². The van der Waals surface area contributed by atoms with Gasteiger partial charge in [0.15, 0.2) is 23.0 Å². The molecule has 1 N–H and O–H groups in total. The number of benzene rings is 2. The number of anilines is 1. The SMILES string of the molecule is O=C(Nc1ccc2c(c1)OCO2)C1CCN(C(=O)c2ccc3c(c2)OCO3)CC1. The van der Waals surface area contributed by atoms with E-state index in [-0.39, 0.29) is 31.3 Å². The summed E-state index contributed by atoms with van der Waals surface area (Å²) in [5, 5.41) is 2.94. The van der Waals surface area contributed by atoms with E-state index in [0.29, 0.717) is 60.2 Å². The van der Waals surface area contributed by atoms with Gasteiger partial charge in [-0.1, -0.05) is 0 Å². The lowest BCUT2D eigenvalue weighted by atomic mass is 9.95. The number of hydrogen-bond donors (Lipinski definition) is 1. The van der Waals surface area contributed by atoms with Crippen LogP contribution in [0.1, 0.15) is 23.2 Å². The number of likely N-dealkylation sites (tertiary alicyclic amines) is 1. The fourth-order valence-electron chi connectivity index (χ4n) is 3.78. The van der Waals surface area contributed by atoms with E-state index in [1.54, 1.807) is 41.3 Å². The van der Waals surface area contributed by atoms with Crippen LogP contribution in [0.3, 0.4) is 0 Å². The largest absolute Gasteiger partial charge is 0.454 e. The van der Waals surface area contributed by atoms with Crippen LogP contribution in [0, 0.1) is 5.92 Å². The van der Waals surface area contributed by atoms with Crippen molar-refractivity contribution in [3.05, 3.63) is 42.0 Å². The van der Waals surface area contributed by atoms with E-state index in [1.165, 1.54) is 0 Å². The van der Waals surface area contributed by atoms with E-state index < -0.39 is 0 Å². The lowest BCUT2D eigenvalue weighted by Gasteiger charge is -2.31. The van der Waals surface area contributed by atoms with Gasteiger partial charge in [-0.25, -0.2) is 0 Å². The summed E-state index contributed by atoms with van der Waals surface area (Å²) in [5.74, 6) is 2.32. The fraction of sp³-hybridized carbons (Fsp3) is 0.333. The monoisotopic (exact) mass is 396 g/mol. The van der Waals surface area contributed by atoms with Crippen LogP contribution in [0.15, 0.2) is 36.4 Å². The molecule has 5 rings (SSSR count). The number of amides is 2. The summed E-state index contributed by atoms with van der Waals surface area (Å²) in [5.41, 5.74) is 1.25. The quantitative estimate of drug-likeness (QED) is 0.858. The smallest absolute Gasteiger partial charge is 0.253 e. The molecule has 1 saturated heterocycles. The molecule has 0 saturated carbocycles. The van der Waals surface area contributed by atoms with Gasteiger partial charge in [0.1, 0.15) is 0 Å². The van der Waals surface area contributed by atoms with Gasteiger partial charge >= 0.3 is 0 Å². The Morgan fingerprint density at radius 1 is 0.828 bits per heavy atom. The molecule has 150 valence electrons. The highest BCUT2D eigenvalue weighted by Gasteiger charge is 2.29. The number of carbonyl (C=O) groups excluding carboxylic acids is 2. The molecule has 0 aromatic heterocycles. The normalized spacial score (nSPS) is 17.3. The van der Waals surface area contributed by atoms with E-state index in [4.69, 9.17) is 18.9 Å². The number of nitrogens with one attached hydrogen (secondary N) is 1. The Hall–Kier alpha value is -3.42. The minimum atomic E-state index is -0.138. The molecule has 2 aromatic rings. The van der Waals surface area contributed by atoms with Gasteiger partial charge in [0.2, 0.25) is 19.5 Å². The maximum absolute atomic E-state index is 12.8. The maximum Gasteiger partial charge on any atom is 0.253 e. The molecule has 8 nitrogen and oxygen atoms in total. The summed E-state index contributed by atoms with van der Waals surface area (Å²) < 4.78 is 21.3. The van der Waals surface area contributed by atoms with Crippen LogP contribution >= 0.6 is 0 Å². The third-order valence-electron chi connectivity index (χ3n) is 5.41. The Morgan fingerprint density at radius 3 is 2.17 bits per heavy atom. The number of piperidine rings is 1. The Bertz CT molecular complexity index is 968. The topological polar surface area (TPSA) is 86.3 Å². The molecule has 1 fully saturated rings. The number of nitrogens with zero attached hydrogens (tertiary/aromatic N) is 1. The van der Waals surface area contributed by atoms with Gasteiger partial charge in [0.25, 0.3) is 5.91 Å². The second-order valence-electron chi connectivity index (χ2n) is 7.19. The van der Waals surface area contributed by atoms with Crippen molar-refractivity contribution < 1.29 is 28.5 Å². The van der Waals surface area contributed by atoms with Crippen LogP contribution in [0.5, 0.6) is 23.0 Å².